The molecule has 158 valence electrons. The van der Waals surface area contributed by atoms with Crippen LogP contribution in [0.15, 0.2) is 24.3 Å². The zero-order valence-corrected chi connectivity index (χ0v) is 17.2. The van der Waals surface area contributed by atoms with Crippen LogP contribution in [0.3, 0.4) is 0 Å². The Morgan fingerprint density at radius 2 is 1.90 bits per heavy atom. The molecule has 0 aromatic heterocycles. The molecule has 3 heterocycles. The predicted octanol–water partition coefficient (Wildman–Crippen LogP) is 1.11. The molecule has 0 aliphatic carbocycles. The van der Waals surface area contributed by atoms with Gasteiger partial charge >= 0.3 is 0 Å². The topological polar surface area (TPSA) is 73.3 Å². The summed E-state index contributed by atoms with van der Waals surface area (Å²) in [6.45, 7) is 5.33. The summed E-state index contributed by atoms with van der Waals surface area (Å²) in [5.74, 6) is 0.555. The maximum atomic E-state index is 12.6. The Balaban J connectivity index is 1.24. The highest BCUT2D eigenvalue weighted by molar-refractivity contribution is 5.79. The van der Waals surface area contributed by atoms with E-state index in [-0.39, 0.29) is 29.1 Å². The monoisotopic (exact) mass is 401 g/mol. The van der Waals surface area contributed by atoms with Gasteiger partial charge < -0.3 is 19.6 Å². The Kier molecular flexibility index (Phi) is 5.79. The van der Waals surface area contributed by atoms with Crippen LogP contribution in [-0.2, 0) is 20.7 Å². The molecule has 3 saturated heterocycles. The minimum Gasteiger partial charge on any atom is -0.508 e. The molecule has 1 N–H and O–H groups in total. The first-order chi connectivity index (χ1) is 13.9. The molecule has 3 aliphatic heterocycles. The average molecular weight is 402 g/mol. The lowest BCUT2D eigenvalue weighted by Gasteiger charge is -2.39. The molecule has 2 amide bonds. The van der Waals surface area contributed by atoms with Crippen LogP contribution in [0.2, 0.25) is 0 Å². The number of carbonyl (C=O) groups excluding carboxylic acids is 2. The number of ether oxygens (including phenoxy) is 1. The summed E-state index contributed by atoms with van der Waals surface area (Å²) in [7, 11) is 1.86. The molecule has 7 heteroatoms. The summed E-state index contributed by atoms with van der Waals surface area (Å²) in [5.41, 5.74) is 1.11. The van der Waals surface area contributed by atoms with Gasteiger partial charge in [-0.05, 0) is 42.4 Å². The zero-order valence-electron chi connectivity index (χ0n) is 17.2. The molecule has 3 aliphatic rings. The summed E-state index contributed by atoms with van der Waals surface area (Å²) in [5, 5.41) is 9.38. The van der Waals surface area contributed by atoms with Gasteiger partial charge in [-0.1, -0.05) is 12.1 Å². The van der Waals surface area contributed by atoms with Crippen molar-refractivity contribution in [3.05, 3.63) is 29.8 Å². The maximum absolute atomic E-state index is 12.6. The van der Waals surface area contributed by atoms with Crippen molar-refractivity contribution in [2.45, 2.75) is 31.8 Å². The van der Waals surface area contributed by atoms with Gasteiger partial charge in [-0.3, -0.25) is 14.5 Å². The number of amides is 2. The second-order valence-electron chi connectivity index (χ2n) is 8.91. The van der Waals surface area contributed by atoms with Gasteiger partial charge in [-0.15, -0.1) is 0 Å². The molecule has 3 fully saturated rings. The normalized spacial score (nSPS) is 25.0. The third-order valence-electron chi connectivity index (χ3n) is 6.75. The molecule has 4 rings (SSSR count). The van der Waals surface area contributed by atoms with Crippen molar-refractivity contribution in [1.29, 1.82) is 0 Å². The van der Waals surface area contributed by atoms with E-state index < -0.39 is 0 Å². The minimum atomic E-state index is 0.150. The molecule has 1 aromatic carbocycles. The molecule has 0 saturated carbocycles. The van der Waals surface area contributed by atoms with Gasteiger partial charge in [0.2, 0.25) is 11.8 Å². The van der Waals surface area contributed by atoms with E-state index in [1.54, 1.807) is 29.2 Å². The van der Waals surface area contributed by atoms with Gasteiger partial charge in [0.15, 0.2) is 0 Å². The fourth-order valence-electron chi connectivity index (χ4n) is 4.74. The number of benzene rings is 1. The van der Waals surface area contributed by atoms with Crippen LogP contribution in [0.4, 0.5) is 0 Å². The average Bonchev–Trinajstić information content (AvgIpc) is 3.09. The lowest BCUT2D eigenvalue weighted by molar-refractivity contribution is -0.135. The highest BCUT2D eigenvalue weighted by Crippen LogP contribution is 2.42. The van der Waals surface area contributed by atoms with Crippen LogP contribution in [0.1, 0.15) is 24.8 Å². The fourth-order valence-corrected chi connectivity index (χ4v) is 4.74. The van der Waals surface area contributed by atoms with Crippen molar-refractivity contribution in [2.75, 3.05) is 52.9 Å². The summed E-state index contributed by atoms with van der Waals surface area (Å²) in [6, 6.07) is 6.85. The number of nitrogens with zero attached hydrogens (tertiary/aromatic N) is 3. The molecule has 0 unspecified atom stereocenters. The first-order valence-corrected chi connectivity index (χ1v) is 10.6. The maximum Gasteiger partial charge on any atom is 0.236 e. The molecule has 1 aromatic rings. The van der Waals surface area contributed by atoms with Crippen LogP contribution >= 0.6 is 0 Å². The Labute approximate surface area is 172 Å². The first kappa shape index (κ1) is 20.2. The number of likely N-dealkylation sites (N-methyl/N-ethyl adjacent to an activating group) is 1. The Morgan fingerprint density at radius 3 is 2.59 bits per heavy atom. The predicted molar refractivity (Wildman–Crippen MR) is 108 cm³/mol. The molecular formula is C22H31N3O4. The van der Waals surface area contributed by atoms with Crippen molar-refractivity contribution < 1.29 is 19.4 Å². The quantitative estimate of drug-likeness (QED) is 0.818. The first-order valence-electron chi connectivity index (χ1n) is 10.6. The van der Waals surface area contributed by atoms with E-state index in [4.69, 9.17) is 4.74 Å². The number of rotatable bonds is 4. The number of aromatic hydroxyl groups is 1. The van der Waals surface area contributed by atoms with E-state index >= 15 is 0 Å². The van der Waals surface area contributed by atoms with E-state index in [1.165, 1.54) is 0 Å². The number of likely N-dealkylation sites (tertiary alicyclic amines) is 1. The van der Waals surface area contributed by atoms with E-state index in [0.29, 0.717) is 13.0 Å². The third-order valence-corrected chi connectivity index (χ3v) is 6.75. The van der Waals surface area contributed by atoms with Crippen molar-refractivity contribution in [2.24, 2.45) is 5.41 Å². The second kappa shape index (κ2) is 8.32. The highest BCUT2D eigenvalue weighted by atomic mass is 16.5. The molecule has 0 radical (unpaired) electrons. The number of phenols is 1. The van der Waals surface area contributed by atoms with Crippen LogP contribution < -0.4 is 0 Å². The Bertz CT molecular complexity index is 743. The van der Waals surface area contributed by atoms with Crippen molar-refractivity contribution in [1.82, 2.24) is 14.7 Å². The van der Waals surface area contributed by atoms with Gasteiger partial charge in [0.05, 0.1) is 25.7 Å². The summed E-state index contributed by atoms with van der Waals surface area (Å²) < 4.78 is 6.12. The smallest absolute Gasteiger partial charge is 0.236 e. The van der Waals surface area contributed by atoms with E-state index in [0.717, 1.165) is 64.2 Å². The molecule has 0 bridgehead atoms. The van der Waals surface area contributed by atoms with Gasteiger partial charge in [-0.2, -0.15) is 0 Å². The highest BCUT2D eigenvalue weighted by Gasteiger charge is 2.43. The van der Waals surface area contributed by atoms with E-state index in [1.807, 2.05) is 11.9 Å². The molecular weight excluding hydrogens is 370 g/mol. The van der Waals surface area contributed by atoms with Gasteiger partial charge in [-0.25, -0.2) is 0 Å². The van der Waals surface area contributed by atoms with E-state index in [2.05, 4.69) is 4.90 Å². The fraction of sp³-hybridized carbons (Fsp3) is 0.636. The van der Waals surface area contributed by atoms with Crippen molar-refractivity contribution in [3.8, 4) is 5.75 Å². The van der Waals surface area contributed by atoms with Gasteiger partial charge in [0.25, 0.3) is 0 Å². The number of carbonyl (C=O) groups is 2. The number of hydrogen-bond acceptors (Lipinski definition) is 5. The second-order valence-corrected chi connectivity index (χ2v) is 8.91. The molecule has 1 atom stereocenters. The third kappa shape index (κ3) is 4.73. The van der Waals surface area contributed by atoms with Crippen LogP contribution in [0, 0.1) is 5.41 Å². The standard InChI is InChI=1S/C22H31N3O4/c1-23-10-11-24(15-21(23)28)14-19-13-22(16-29-19)6-8-25(9-7-22)20(27)12-17-2-4-18(26)5-3-17/h2-5,19,26H,6-16H2,1H3/t19-/m0/s1. The molecule has 7 nitrogen and oxygen atoms in total. The van der Waals surface area contributed by atoms with Crippen LogP contribution in [0.5, 0.6) is 5.75 Å². The van der Waals surface area contributed by atoms with Crippen LogP contribution in [-0.4, -0.2) is 90.6 Å². The summed E-state index contributed by atoms with van der Waals surface area (Å²) >= 11 is 0. The number of piperazine rings is 1. The minimum absolute atomic E-state index is 0.150. The SMILES string of the molecule is CN1CCN(C[C@@H]2CC3(CCN(C(=O)Cc4ccc(O)cc4)CC3)CO2)CC1=O. The van der Waals surface area contributed by atoms with Crippen molar-refractivity contribution in [3.63, 3.8) is 0 Å². The van der Waals surface area contributed by atoms with Crippen molar-refractivity contribution >= 4 is 11.8 Å². The Hall–Kier alpha value is -2.12. The zero-order chi connectivity index (χ0) is 20.4. The lowest BCUT2D eigenvalue weighted by Crippen LogP contribution is -2.50. The number of hydrogen-bond donors (Lipinski definition) is 1. The number of piperidine rings is 1. The molecule has 1 spiro atoms. The largest absolute Gasteiger partial charge is 0.508 e. The van der Waals surface area contributed by atoms with Crippen LogP contribution in [0.25, 0.3) is 0 Å². The Morgan fingerprint density at radius 1 is 1.17 bits per heavy atom. The summed E-state index contributed by atoms with van der Waals surface area (Å²) in [4.78, 5) is 30.5. The van der Waals surface area contributed by atoms with Gasteiger partial charge in [0.1, 0.15) is 5.75 Å². The summed E-state index contributed by atoms with van der Waals surface area (Å²) in [6.07, 6.45) is 3.54. The number of phenolic OH excluding ortho intramolecular Hbond substituents is 1. The molecule has 29 heavy (non-hydrogen) atoms. The van der Waals surface area contributed by atoms with Gasteiger partial charge in [0, 0.05) is 39.8 Å². The lowest BCUT2D eigenvalue weighted by atomic mass is 9.76. The van der Waals surface area contributed by atoms with E-state index in [9.17, 15) is 14.7 Å².